The van der Waals surface area contributed by atoms with Gasteiger partial charge in [0.25, 0.3) is 0 Å². The van der Waals surface area contributed by atoms with Gasteiger partial charge in [-0.25, -0.2) is 4.98 Å². The first kappa shape index (κ1) is 11.1. The van der Waals surface area contributed by atoms with Crippen LogP contribution in [0.2, 0.25) is 0 Å². The number of hydrogen-bond donors (Lipinski definition) is 1. The maximum Gasteiger partial charge on any atom is 0.223 e. The third kappa shape index (κ3) is 2.38. The largest absolute Gasteiger partial charge is 0.362 e. The van der Waals surface area contributed by atoms with E-state index in [1.807, 2.05) is 13.0 Å². The van der Waals surface area contributed by atoms with Crippen molar-refractivity contribution < 1.29 is 4.52 Å². The number of aromatic nitrogens is 3. The van der Waals surface area contributed by atoms with Crippen molar-refractivity contribution in [2.75, 3.05) is 5.32 Å². The molecule has 2 aromatic heterocycles. The van der Waals surface area contributed by atoms with E-state index in [2.05, 4.69) is 36.4 Å². The summed E-state index contributed by atoms with van der Waals surface area (Å²) in [5.41, 5.74) is 1.13. The highest BCUT2D eigenvalue weighted by Crippen LogP contribution is 2.23. The quantitative estimate of drug-likeness (QED) is 0.937. The van der Waals surface area contributed by atoms with Crippen molar-refractivity contribution in [2.45, 2.75) is 20.4 Å². The molecule has 84 valence electrons. The summed E-state index contributed by atoms with van der Waals surface area (Å²) in [7, 11) is 0. The molecule has 6 heteroatoms. The summed E-state index contributed by atoms with van der Waals surface area (Å²) in [6, 6.07) is 1.94. The van der Waals surface area contributed by atoms with Crippen LogP contribution in [0.15, 0.2) is 21.3 Å². The lowest BCUT2D eigenvalue weighted by molar-refractivity contribution is 0.388. The van der Waals surface area contributed by atoms with Crippen LogP contribution in [-0.2, 0) is 6.54 Å². The third-order valence-corrected chi connectivity index (χ3v) is 3.07. The standard InChI is InChI=1S/C10H11BrN4O/c1-6-3-4-12-10(9(6)11)13-5-8-14-7(2)16-15-8/h3-4H,5H2,1-2H3,(H,12,13). The number of rotatable bonds is 3. The molecule has 0 aromatic carbocycles. The summed E-state index contributed by atoms with van der Waals surface area (Å²) in [6.45, 7) is 4.26. The van der Waals surface area contributed by atoms with Crippen LogP contribution in [0.1, 0.15) is 17.3 Å². The van der Waals surface area contributed by atoms with E-state index >= 15 is 0 Å². The molecule has 0 radical (unpaired) electrons. The van der Waals surface area contributed by atoms with Crippen molar-refractivity contribution in [1.82, 2.24) is 15.1 Å². The highest BCUT2D eigenvalue weighted by Gasteiger charge is 2.06. The minimum absolute atomic E-state index is 0.492. The molecule has 2 heterocycles. The van der Waals surface area contributed by atoms with Crippen LogP contribution >= 0.6 is 15.9 Å². The topological polar surface area (TPSA) is 63.8 Å². The fraction of sp³-hybridized carbons (Fsp3) is 0.300. The van der Waals surface area contributed by atoms with Gasteiger partial charge in [-0.15, -0.1) is 0 Å². The minimum atomic E-state index is 0.492. The Morgan fingerprint density at radius 2 is 2.25 bits per heavy atom. The van der Waals surface area contributed by atoms with Gasteiger partial charge in [0.2, 0.25) is 5.89 Å². The summed E-state index contributed by atoms with van der Waals surface area (Å²) in [5.74, 6) is 1.96. The molecule has 2 aromatic rings. The molecule has 0 unspecified atom stereocenters. The molecule has 0 fully saturated rings. The molecule has 0 saturated heterocycles. The van der Waals surface area contributed by atoms with E-state index in [0.717, 1.165) is 15.9 Å². The van der Waals surface area contributed by atoms with Crippen molar-refractivity contribution >= 4 is 21.7 Å². The van der Waals surface area contributed by atoms with Gasteiger partial charge in [0.1, 0.15) is 5.82 Å². The van der Waals surface area contributed by atoms with Gasteiger partial charge in [-0.3, -0.25) is 0 Å². The number of aryl methyl sites for hydroxylation is 2. The average Bonchev–Trinajstić information content (AvgIpc) is 2.67. The maximum absolute atomic E-state index is 4.87. The lowest BCUT2D eigenvalue weighted by Crippen LogP contribution is -2.04. The molecule has 0 spiro atoms. The van der Waals surface area contributed by atoms with Gasteiger partial charge in [-0.05, 0) is 34.5 Å². The molecule has 1 N–H and O–H groups in total. The maximum atomic E-state index is 4.87. The van der Waals surface area contributed by atoms with Crippen LogP contribution in [-0.4, -0.2) is 15.1 Å². The van der Waals surface area contributed by atoms with Crippen molar-refractivity contribution in [3.8, 4) is 0 Å². The van der Waals surface area contributed by atoms with Crippen molar-refractivity contribution in [2.24, 2.45) is 0 Å². The summed E-state index contributed by atoms with van der Waals surface area (Å²) in [6.07, 6.45) is 1.75. The van der Waals surface area contributed by atoms with Crippen molar-refractivity contribution in [3.63, 3.8) is 0 Å². The first-order valence-electron chi connectivity index (χ1n) is 4.81. The van der Waals surface area contributed by atoms with Crippen LogP contribution in [0.3, 0.4) is 0 Å². The Morgan fingerprint density at radius 3 is 2.94 bits per heavy atom. The molecule has 0 amide bonds. The Labute approximate surface area is 101 Å². The minimum Gasteiger partial charge on any atom is -0.362 e. The molecule has 5 nitrogen and oxygen atoms in total. The fourth-order valence-corrected chi connectivity index (χ4v) is 1.61. The van der Waals surface area contributed by atoms with E-state index in [9.17, 15) is 0 Å². The molecule has 0 bridgehead atoms. The number of nitrogens with one attached hydrogen (secondary N) is 1. The average molecular weight is 283 g/mol. The third-order valence-electron chi connectivity index (χ3n) is 2.07. The van der Waals surface area contributed by atoms with E-state index < -0.39 is 0 Å². The highest BCUT2D eigenvalue weighted by atomic mass is 79.9. The number of nitrogens with zero attached hydrogens (tertiary/aromatic N) is 3. The number of halogens is 1. The molecule has 0 aliphatic carbocycles. The summed E-state index contributed by atoms with van der Waals surface area (Å²) in [5, 5.41) is 6.93. The van der Waals surface area contributed by atoms with Crippen molar-refractivity contribution in [3.05, 3.63) is 34.0 Å². The van der Waals surface area contributed by atoms with Crippen LogP contribution in [0.5, 0.6) is 0 Å². The number of pyridine rings is 1. The Kier molecular flexibility index (Phi) is 3.19. The highest BCUT2D eigenvalue weighted by molar-refractivity contribution is 9.10. The second-order valence-electron chi connectivity index (χ2n) is 3.37. The van der Waals surface area contributed by atoms with Gasteiger partial charge >= 0.3 is 0 Å². The summed E-state index contributed by atoms with van der Waals surface area (Å²) >= 11 is 3.47. The summed E-state index contributed by atoms with van der Waals surface area (Å²) < 4.78 is 5.83. The van der Waals surface area contributed by atoms with Gasteiger partial charge in [0, 0.05) is 13.1 Å². The number of anilines is 1. The molecule has 2 rings (SSSR count). The first-order chi connectivity index (χ1) is 7.66. The Hall–Kier alpha value is -1.43. The van der Waals surface area contributed by atoms with E-state index in [1.54, 1.807) is 13.1 Å². The molecule has 16 heavy (non-hydrogen) atoms. The predicted octanol–water partition coefficient (Wildman–Crippen LogP) is 2.46. The monoisotopic (exact) mass is 282 g/mol. The lowest BCUT2D eigenvalue weighted by atomic mass is 10.3. The molecular formula is C10H11BrN4O. The zero-order chi connectivity index (χ0) is 11.5. The van der Waals surface area contributed by atoms with Gasteiger partial charge in [0.05, 0.1) is 11.0 Å². The first-order valence-corrected chi connectivity index (χ1v) is 5.60. The van der Waals surface area contributed by atoms with Crippen LogP contribution in [0.4, 0.5) is 5.82 Å². The Bertz CT molecular complexity index is 497. The fourth-order valence-electron chi connectivity index (χ4n) is 1.24. The van der Waals surface area contributed by atoms with Gasteiger partial charge < -0.3 is 9.84 Å². The second-order valence-corrected chi connectivity index (χ2v) is 4.17. The Morgan fingerprint density at radius 1 is 1.44 bits per heavy atom. The van der Waals surface area contributed by atoms with E-state index in [-0.39, 0.29) is 0 Å². The lowest BCUT2D eigenvalue weighted by Gasteiger charge is -2.06. The normalized spacial score (nSPS) is 10.4. The van der Waals surface area contributed by atoms with Crippen molar-refractivity contribution in [1.29, 1.82) is 0 Å². The Balaban J connectivity index is 2.07. The van der Waals surface area contributed by atoms with Crippen LogP contribution in [0.25, 0.3) is 0 Å². The van der Waals surface area contributed by atoms with E-state index in [0.29, 0.717) is 18.3 Å². The number of hydrogen-bond acceptors (Lipinski definition) is 5. The molecule has 0 aliphatic rings. The molecular weight excluding hydrogens is 272 g/mol. The molecule has 0 aliphatic heterocycles. The van der Waals surface area contributed by atoms with Crippen LogP contribution in [0, 0.1) is 13.8 Å². The SMILES string of the molecule is Cc1nc(CNc2nccc(C)c2Br)no1. The smallest absolute Gasteiger partial charge is 0.223 e. The summed E-state index contributed by atoms with van der Waals surface area (Å²) in [4.78, 5) is 8.31. The van der Waals surface area contributed by atoms with Crippen LogP contribution < -0.4 is 5.32 Å². The van der Waals surface area contributed by atoms with E-state index in [1.165, 1.54) is 0 Å². The van der Waals surface area contributed by atoms with Gasteiger partial charge in [0.15, 0.2) is 5.82 Å². The van der Waals surface area contributed by atoms with Gasteiger partial charge in [-0.1, -0.05) is 5.16 Å². The zero-order valence-electron chi connectivity index (χ0n) is 8.99. The molecule has 0 atom stereocenters. The van der Waals surface area contributed by atoms with Gasteiger partial charge in [-0.2, -0.15) is 4.98 Å². The second kappa shape index (κ2) is 4.61. The zero-order valence-corrected chi connectivity index (χ0v) is 10.6. The molecule has 0 saturated carbocycles. The predicted molar refractivity (Wildman–Crippen MR) is 63.0 cm³/mol. The van der Waals surface area contributed by atoms with E-state index in [4.69, 9.17) is 4.52 Å².